The molecule has 0 spiro atoms. The number of hydrogen-bond acceptors (Lipinski definition) is 1. The molecule has 0 heterocycles. The fourth-order valence-corrected chi connectivity index (χ4v) is 0. The maximum atomic E-state index is 2.68. The average molecular weight is 130 g/mol. The van der Waals surface area contributed by atoms with E-state index < -0.39 is 0 Å². The molecule has 0 unspecified atom stereocenters. The molecule has 0 saturated heterocycles. The van der Waals surface area contributed by atoms with Crippen LogP contribution in [-0.4, -0.2) is 12.0 Å². The van der Waals surface area contributed by atoms with Crippen LogP contribution in [0.4, 0.5) is 0 Å². The van der Waals surface area contributed by atoms with E-state index in [0.29, 0.717) is 0 Å². The fourth-order valence-electron chi connectivity index (χ4n) is 0. The lowest BCUT2D eigenvalue weighted by Gasteiger charge is -1.69. The lowest BCUT2D eigenvalue weighted by Crippen LogP contribution is -1.52. The van der Waals surface area contributed by atoms with Gasteiger partial charge >= 0.3 is 0 Å². The summed E-state index contributed by atoms with van der Waals surface area (Å²) in [7, 11) is 0. The van der Waals surface area contributed by atoms with Crippen LogP contribution >= 0.6 is 11.8 Å². The fraction of sp³-hybridized carbons (Fsp3) is 0.714. The van der Waals surface area contributed by atoms with Gasteiger partial charge < -0.3 is 0 Å². The molecule has 0 nitrogen and oxygen atoms in total. The van der Waals surface area contributed by atoms with Crippen molar-refractivity contribution in [3.05, 3.63) is 0 Å². The summed E-state index contributed by atoms with van der Waals surface area (Å²) in [6, 6.07) is 0. The predicted molar refractivity (Wildman–Crippen MR) is 43.2 cm³/mol. The smallest absolute Gasteiger partial charge is 0.00271 e. The molecule has 0 amide bonds. The van der Waals surface area contributed by atoms with E-state index in [0.717, 1.165) is 0 Å². The summed E-state index contributed by atoms with van der Waals surface area (Å²) >= 11 is 1.86. The van der Waals surface area contributed by atoms with E-state index in [2.05, 4.69) is 25.0 Å². The Morgan fingerprint density at radius 3 is 1.50 bits per heavy atom. The van der Waals surface area contributed by atoms with Gasteiger partial charge in [0.25, 0.3) is 0 Å². The molecule has 0 aliphatic rings. The molecule has 0 rings (SSSR count). The van der Waals surface area contributed by atoms with Crippen LogP contribution in [0.15, 0.2) is 0 Å². The Morgan fingerprint density at radius 2 is 1.50 bits per heavy atom. The summed E-state index contributed by atoms with van der Waals surface area (Å²) in [5.41, 5.74) is 0. The first kappa shape index (κ1) is 10.8. The van der Waals surface area contributed by atoms with Crippen LogP contribution in [0.3, 0.4) is 0 Å². The quantitative estimate of drug-likeness (QED) is 0.491. The summed E-state index contributed by atoms with van der Waals surface area (Å²) in [6.07, 6.45) is 2.10. The van der Waals surface area contributed by atoms with Crippen LogP contribution < -0.4 is 0 Å². The highest BCUT2D eigenvalue weighted by Crippen LogP contribution is 1.83. The largest absolute Gasteiger partial charge is 0.166 e. The van der Waals surface area contributed by atoms with Gasteiger partial charge in [-0.1, -0.05) is 6.92 Å². The summed E-state index contributed by atoms with van der Waals surface area (Å²) in [5, 5.41) is 0. The standard InChI is InChI=1S/C4H6.C3H8S/c2*1-3-4-2/h1-2H3;3H2,1-2H3. The highest BCUT2D eigenvalue weighted by Gasteiger charge is 1.55. The maximum Gasteiger partial charge on any atom is -0.00271 e. The Morgan fingerprint density at radius 1 is 1.25 bits per heavy atom. The zero-order valence-electron chi connectivity index (χ0n) is 6.12. The normalized spacial score (nSPS) is 5.50. The lowest BCUT2D eigenvalue weighted by molar-refractivity contribution is 1.53. The first-order valence-electron chi connectivity index (χ1n) is 2.65. The Bertz CT molecular complexity index is 58.2. The minimum Gasteiger partial charge on any atom is -0.166 e. The molecule has 48 valence electrons. The maximum absolute atomic E-state index is 2.68. The minimum atomic E-state index is 1.24. The van der Waals surface area contributed by atoms with E-state index in [9.17, 15) is 0 Å². The summed E-state index contributed by atoms with van der Waals surface area (Å²) in [5.74, 6) is 6.60. The molecule has 0 N–H and O–H groups in total. The Balaban J connectivity index is 0. The molecular formula is C7H14S. The van der Waals surface area contributed by atoms with Gasteiger partial charge in [-0.3, -0.25) is 0 Å². The molecule has 1 heteroatoms. The van der Waals surface area contributed by atoms with Crippen molar-refractivity contribution in [3.63, 3.8) is 0 Å². The third kappa shape index (κ3) is 39.1. The van der Waals surface area contributed by atoms with E-state index in [1.165, 1.54) is 5.75 Å². The first-order chi connectivity index (χ1) is 3.83. The molecule has 8 heavy (non-hydrogen) atoms. The van der Waals surface area contributed by atoms with Crippen LogP contribution in [0.5, 0.6) is 0 Å². The topological polar surface area (TPSA) is 0 Å². The molecule has 0 aliphatic carbocycles. The van der Waals surface area contributed by atoms with Crippen molar-refractivity contribution < 1.29 is 0 Å². The predicted octanol–water partition coefficient (Wildman–Crippen LogP) is 2.40. The number of thioether (sulfide) groups is 1. The van der Waals surface area contributed by atoms with Gasteiger partial charge in [-0.15, -0.1) is 11.8 Å². The molecule has 0 fully saturated rings. The molecule has 0 aromatic carbocycles. The van der Waals surface area contributed by atoms with E-state index in [1.807, 2.05) is 25.6 Å². The number of hydrogen-bond donors (Lipinski definition) is 0. The highest BCUT2D eigenvalue weighted by atomic mass is 32.2. The van der Waals surface area contributed by atoms with E-state index in [4.69, 9.17) is 0 Å². The zero-order valence-corrected chi connectivity index (χ0v) is 6.93. The van der Waals surface area contributed by atoms with Gasteiger partial charge in [0.2, 0.25) is 0 Å². The second-order valence-corrected chi connectivity index (χ2v) is 2.23. The second kappa shape index (κ2) is 15.8. The number of rotatable bonds is 1. The van der Waals surface area contributed by atoms with Crippen LogP contribution in [0.25, 0.3) is 0 Å². The Kier molecular flexibility index (Phi) is 21.3. The van der Waals surface area contributed by atoms with Gasteiger partial charge in [-0.2, -0.15) is 11.8 Å². The molecule has 0 radical (unpaired) electrons. The summed E-state index contributed by atoms with van der Waals surface area (Å²) in [6.45, 7) is 5.78. The third-order valence-electron chi connectivity index (χ3n) is 0.539. The molecular weight excluding hydrogens is 116 g/mol. The lowest BCUT2D eigenvalue weighted by atomic mass is 10.7. The molecule has 0 aromatic heterocycles. The van der Waals surface area contributed by atoms with E-state index in [-0.39, 0.29) is 0 Å². The van der Waals surface area contributed by atoms with Crippen molar-refractivity contribution >= 4 is 11.8 Å². The molecule has 0 saturated carbocycles. The van der Waals surface area contributed by atoms with Gasteiger partial charge in [-0.05, 0) is 25.9 Å². The highest BCUT2D eigenvalue weighted by molar-refractivity contribution is 7.98. The van der Waals surface area contributed by atoms with E-state index >= 15 is 0 Å². The van der Waals surface area contributed by atoms with Crippen molar-refractivity contribution in [2.24, 2.45) is 0 Å². The van der Waals surface area contributed by atoms with Crippen molar-refractivity contribution in [2.75, 3.05) is 12.0 Å². The van der Waals surface area contributed by atoms with Crippen molar-refractivity contribution in [1.82, 2.24) is 0 Å². The summed E-state index contributed by atoms with van der Waals surface area (Å²) < 4.78 is 0. The van der Waals surface area contributed by atoms with Gasteiger partial charge in [0.05, 0.1) is 0 Å². The zero-order chi connectivity index (χ0) is 6.83. The molecule has 0 atom stereocenters. The molecule has 0 aliphatic heterocycles. The van der Waals surface area contributed by atoms with Crippen molar-refractivity contribution in [1.29, 1.82) is 0 Å². The molecule has 0 aromatic rings. The van der Waals surface area contributed by atoms with Crippen LogP contribution in [0.2, 0.25) is 0 Å². The second-order valence-electron chi connectivity index (χ2n) is 1.08. The average Bonchev–Trinajstić information content (AvgIpc) is 1.88. The van der Waals surface area contributed by atoms with Gasteiger partial charge in [0, 0.05) is 0 Å². The van der Waals surface area contributed by atoms with Crippen LogP contribution in [-0.2, 0) is 0 Å². The van der Waals surface area contributed by atoms with Gasteiger partial charge in [0.15, 0.2) is 0 Å². The van der Waals surface area contributed by atoms with Crippen LogP contribution in [0, 0.1) is 11.8 Å². The van der Waals surface area contributed by atoms with Crippen molar-refractivity contribution in [3.8, 4) is 11.8 Å². The minimum absolute atomic E-state index is 1.24. The Labute approximate surface area is 57.1 Å². The monoisotopic (exact) mass is 130 g/mol. The van der Waals surface area contributed by atoms with Gasteiger partial charge in [0.1, 0.15) is 0 Å². The SMILES string of the molecule is CC#CC.CCSC. The molecule has 0 bridgehead atoms. The third-order valence-corrected chi connectivity index (χ3v) is 1.12. The van der Waals surface area contributed by atoms with Crippen LogP contribution in [0.1, 0.15) is 20.8 Å². The van der Waals surface area contributed by atoms with Crippen molar-refractivity contribution in [2.45, 2.75) is 20.8 Å². The van der Waals surface area contributed by atoms with E-state index in [1.54, 1.807) is 0 Å². The summed E-state index contributed by atoms with van der Waals surface area (Å²) in [4.78, 5) is 0. The first-order valence-corrected chi connectivity index (χ1v) is 4.05. The Hall–Kier alpha value is -0.0900. The van der Waals surface area contributed by atoms with Gasteiger partial charge in [-0.25, -0.2) is 0 Å².